The molecular formula is C16H12INO2. The highest BCUT2D eigenvalue weighted by atomic mass is 127. The molecule has 0 saturated carbocycles. The van der Waals surface area contributed by atoms with E-state index in [0.717, 1.165) is 5.56 Å². The lowest BCUT2D eigenvalue weighted by molar-refractivity contribution is -0.671. The molecule has 0 amide bonds. The molecule has 1 aliphatic carbocycles. The molecule has 100 valence electrons. The van der Waals surface area contributed by atoms with Crippen molar-refractivity contribution in [3.05, 3.63) is 71.1 Å². The lowest BCUT2D eigenvalue weighted by Crippen LogP contribution is -3.00. The van der Waals surface area contributed by atoms with Crippen molar-refractivity contribution in [2.45, 2.75) is 0 Å². The molecule has 1 aliphatic rings. The molecule has 0 N–H and O–H groups in total. The summed E-state index contributed by atoms with van der Waals surface area (Å²) in [5, 5.41) is 0. The van der Waals surface area contributed by atoms with Gasteiger partial charge in [-0.2, -0.15) is 0 Å². The number of Topliss-reactive ketones (excluding diaryl/α,β-unsaturated/α-hetero) is 2. The summed E-state index contributed by atoms with van der Waals surface area (Å²) in [4.78, 5) is 24.4. The van der Waals surface area contributed by atoms with E-state index in [2.05, 4.69) is 0 Å². The van der Waals surface area contributed by atoms with Gasteiger partial charge < -0.3 is 24.0 Å². The maximum absolute atomic E-state index is 12.2. The van der Waals surface area contributed by atoms with E-state index < -0.39 is 0 Å². The molecule has 0 spiro atoms. The van der Waals surface area contributed by atoms with Crippen LogP contribution >= 0.6 is 0 Å². The Morgan fingerprint density at radius 3 is 1.90 bits per heavy atom. The van der Waals surface area contributed by atoms with Crippen molar-refractivity contribution in [1.29, 1.82) is 0 Å². The lowest BCUT2D eigenvalue weighted by atomic mass is 10.1. The van der Waals surface area contributed by atoms with Crippen molar-refractivity contribution < 1.29 is 38.1 Å². The molecule has 0 saturated heterocycles. The number of carbonyl (C=O) groups excluding carboxylic acids is 2. The number of aryl methyl sites for hydroxylation is 1. The molecule has 4 heteroatoms. The van der Waals surface area contributed by atoms with E-state index in [1.54, 1.807) is 30.3 Å². The summed E-state index contributed by atoms with van der Waals surface area (Å²) >= 11 is 0. The number of halogens is 1. The number of hydrogen-bond donors (Lipinski definition) is 0. The monoisotopic (exact) mass is 377 g/mol. The minimum absolute atomic E-state index is 0. The summed E-state index contributed by atoms with van der Waals surface area (Å²) in [6.07, 6.45) is 5.41. The van der Waals surface area contributed by atoms with Gasteiger partial charge in [0.15, 0.2) is 24.0 Å². The quantitative estimate of drug-likeness (QED) is 0.276. The van der Waals surface area contributed by atoms with Gasteiger partial charge in [0.1, 0.15) is 7.05 Å². The van der Waals surface area contributed by atoms with Gasteiger partial charge in [0.05, 0.1) is 5.57 Å². The van der Waals surface area contributed by atoms with E-state index in [-0.39, 0.29) is 41.1 Å². The Morgan fingerprint density at radius 2 is 1.40 bits per heavy atom. The third-order valence-electron chi connectivity index (χ3n) is 3.22. The maximum Gasteiger partial charge on any atom is 0.197 e. The van der Waals surface area contributed by atoms with Gasteiger partial charge in [-0.15, -0.1) is 0 Å². The fourth-order valence-electron chi connectivity index (χ4n) is 2.18. The zero-order valence-electron chi connectivity index (χ0n) is 10.8. The summed E-state index contributed by atoms with van der Waals surface area (Å²) < 4.78 is 1.90. The topological polar surface area (TPSA) is 38.0 Å². The molecule has 3 rings (SSSR count). The Balaban J connectivity index is 0.00000147. The molecule has 1 aromatic heterocycles. The minimum atomic E-state index is -0.186. The van der Waals surface area contributed by atoms with Crippen molar-refractivity contribution in [3.8, 4) is 0 Å². The number of aromatic nitrogens is 1. The Hall–Kier alpha value is -1.82. The Labute approximate surface area is 134 Å². The van der Waals surface area contributed by atoms with E-state index in [9.17, 15) is 9.59 Å². The number of fused-ring (bicyclic) bond motifs is 1. The molecule has 0 aliphatic heterocycles. The van der Waals surface area contributed by atoms with Crippen LogP contribution in [0.15, 0.2) is 54.4 Å². The van der Waals surface area contributed by atoms with Crippen molar-refractivity contribution >= 4 is 17.6 Å². The normalized spacial score (nSPS) is 12.9. The van der Waals surface area contributed by atoms with Crippen LogP contribution in [0.1, 0.15) is 26.3 Å². The molecule has 1 aromatic carbocycles. The molecule has 3 nitrogen and oxygen atoms in total. The van der Waals surface area contributed by atoms with Gasteiger partial charge >= 0.3 is 0 Å². The molecule has 0 fully saturated rings. The number of benzene rings is 1. The third kappa shape index (κ3) is 2.43. The average molecular weight is 377 g/mol. The van der Waals surface area contributed by atoms with Crippen LogP contribution in [0.3, 0.4) is 0 Å². The first kappa shape index (κ1) is 14.6. The lowest BCUT2D eigenvalue weighted by Gasteiger charge is -1.94. The first-order valence-electron chi connectivity index (χ1n) is 6.02. The molecule has 1 heterocycles. The SMILES string of the molecule is C[n+]1ccc(C=C2C(=O)c3ccccc3C2=O)cc1.[I-]. The van der Waals surface area contributed by atoms with Crippen LogP contribution in [0.2, 0.25) is 0 Å². The predicted molar refractivity (Wildman–Crippen MR) is 70.7 cm³/mol. The number of allylic oxidation sites excluding steroid dienone is 1. The summed E-state index contributed by atoms with van der Waals surface area (Å²) in [6.45, 7) is 0. The van der Waals surface area contributed by atoms with Gasteiger partial charge in [0, 0.05) is 23.3 Å². The van der Waals surface area contributed by atoms with E-state index in [1.165, 1.54) is 0 Å². The second-order valence-corrected chi connectivity index (χ2v) is 4.56. The van der Waals surface area contributed by atoms with E-state index in [4.69, 9.17) is 0 Å². The van der Waals surface area contributed by atoms with Gasteiger partial charge in [-0.3, -0.25) is 9.59 Å². The first-order chi connectivity index (χ1) is 9.16. The molecule has 0 radical (unpaired) electrons. The molecule has 20 heavy (non-hydrogen) atoms. The smallest absolute Gasteiger partial charge is 0.197 e. The third-order valence-corrected chi connectivity index (χ3v) is 3.22. The molecule has 2 aromatic rings. The summed E-state index contributed by atoms with van der Waals surface area (Å²) in [6, 6.07) is 10.7. The molecule has 0 bridgehead atoms. The summed E-state index contributed by atoms with van der Waals surface area (Å²) in [7, 11) is 1.92. The van der Waals surface area contributed by atoms with Crippen LogP contribution in [0, 0.1) is 0 Å². The van der Waals surface area contributed by atoms with E-state index >= 15 is 0 Å². The Morgan fingerprint density at radius 1 is 0.900 bits per heavy atom. The minimum Gasteiger partial charge on any atom is -1.00 e. The van der Waals surface area contributed by atoms with Gasteiger partial charge in [-0.1, -0.05) is 24.3 Å². The number of carbonyl (C=O) groups is 2. The van der Waals surface area contributed by atoms with Gasteiger partial charge in [-0.25, -0.2) is 4.57 Å². The number of nitrogens with zero attached hydrogens (tertiary/aromatic N) is 1. The fourth-order valence-corrected chi connectivity index (χ4v) is 2.18. The Bertz CT molecular complexity index is 681. The van der Waals surface area contributed by atoms with Gasteiger partial charge in [-0.05, 0) is 11.6 Å². The van der Waals surface area contributed by atoms with Crippen LogP contribution in [-0.4, -0.2) is 11.6 Å². The Kier molecular flexibility index (Phi) is 4.13. The number of pyridine rings is 1. The zero-order chi connectivity index (χ0) is 13.4. The van der Waals surface area contributed by atoms with Crippen LogP contribution < -0.4 is 28.5 Å². The highest BCUT2D eigenvalue weighted by Gasteiger charge is 2.32. The van der Waals surface area contributed by atoms with Crippen molar-refractivity contribution in [1.82, 2.24) is 0 Å². The zero-order valence-corrected chi connectivity index (χ0v) is 13.0. The van der Waals surface area contributed by atoms with Crippen LogP contribution in [0.4, 0.5) is 0 Å². The molecule has 0 unspecified atom stereocenters. The largest absolute Gasteiger partial charge is 1.00 e. The summed E-state index contributed by atoms with van der Waals surface area (Å²) in [5.74, 6) is -0.373. The van der Waals surface area contributed by atoms with Gasteiger partial charge in [0.25, 0.3) is 0 Å². The first-order valence-corrected chi connectivity index (χ1v) is 6.02. The summed E-state index contributed by atoms with van der Waals surface area (Å²) in [5.41, 5.74) is 2.10. The van der Waals surface area contributed by atoms with Crippen molar-refractivity contribution in [3.63, 3.8) is 0 Å². The number of ketones is 2. The average Bonchev–Trinajstić information content (AvgIpc) is 2.67. The highest BCUT2D eigenvalue weighted by molar-refractivity contribution is 6.41. The van der Waals surface area contributed by atoms with E-state index in [0.29, 0.717) is 11.1 Å². The standard InChI is InChI=1S/C16H12NO2.HI/c1-17-8-6-11(7-9-17)10-14-15(18)12-4-2-3-5-13(12)16(14)19;/h2-10H,1H3;1H/q+1;/p-1. The van der Waals surface area contributed by atoms with Crippen LogP contribution in [0.25, 0.3) is 6.08 Å². The van der Waals surface area contributed by atoms with Crippen molar-refractivity contribution in [2.75, 3.05) is 0 Å². The fraction of sp³-hybridized carbons (Fsp3) is 0.0625. The van der Waals surface area contributed by atoms with Crippen molar-refractivity contribution in [2.24, 2.45) is 7.05 Å². The van der Waals surface area contributed by atoms with Crippen LogP contribution in [0.5, 0.6) is 0 Å². The number of hydrogen-bond acceptors (Lipinski definition) is 2. The number of rotatable bonds is 1. The highest BCUT2D eigenvalue weighted by Crippen LogP contribution is 2.27. The van der Waals surface area contributed by atoms with E-state index in [1.807, 2.05) is 36.1 Å². The second kappa shape index (κ2) is 5.66. The second-order valence-electron chi connectivity index (χ2n) is 4.56. The van der Waals surface area contributed by atoms with Gasteiger partial charge in [0.2, 0.25) is 0 Å². The molecular weight excluding hydrogens is 365 g/mol. The molecule has 0 atom stereocenters. The maximum atomic E-state index is 12.2. The van der Waals surface area contributed by atoms with Crippen LogP contribution in [-0.2, 0) is 7.05 Å². The predicted octanol–water partition coefficient (Wildman–Crippen LogP) is -1.02.